The highest BCUT2D eigenvalue weighted by Crippen LogP contribution is 2.23. The van der Waals surface area contributed by atoms with Gasteiger partial charge in [0.05, 0.1) is 7.11 Å². The first-order valence-corrected chi connectivity index (χ1v) is 7.86. The number of nitrogens with zero attached hydrogens (tertiary/aromatic N) is 1. The van der Waals surface area contributed by atoms with Crippen molar-refractivity contribution < 1.29 is 9.53 Å². The highest BCUT2D eigenvalue weighted by molar-refractivity contribution is 9.09. The third-order valence-corrected chi connectivity index (χ3v) is 4.10. The quantitative estimate of drug-likeness (QED) is 0.795. The van der Waals surface area contributed by atoms with E-state index >= 15 is 0 Å². The predicted octanol–water partition coefficient (Wildman–Crippen LogP) is 3.33. The van der Waals surface area contributed by atoms with Crippen LogP contribution in [0.25, 0.3) is 0 Å². The number of piperidine rings is 1. The Morgan fingerprint density at radius 3 is 3.11 bits per heavy atom. The zero-order chi connectivity index (χ0) is 13.7. The molecule has 0 aliphatic carbocycles. The number of carbonyl (C=O) groups is 1. The van der Waals surface area contributed by atoms with E-state index in [2.05, 4.69) is 15.9 Å². The van der Waals surface area contributed by atoms with E-state index in [0.717, 1.165) is 42.6 Å². The SMILES string of the molecule is COc1cccc(C(=O)N2CCCC(CCBr)C2)c1. The highest BCUT2D eigenvalue weighted by Gasteiger charge is 2.24. The van der Waals surface area contributed by atoms with Gasteiger partial charge in [-0.3, -0.25) is 4.79 Å². The number of hydrogen-bond donors (Lipinski definition) is 0. The largest absolute Gasteiger partial charge is 0.497 e. The summed E-state index contributed by atoms with van der Waals surface area (Å²) in [6.07, 6.45) is 3.47. The third kappa shape index (κ3) is 3.72. The number of hydrogen-bond acceptors (Lipinski definition) is 2. The van der Waals surface area contributed by atoms with Crippen LogP contribution in [0.1, 0.15) is 29.6 Å². The molecule has 0 N–H and O–H groups in total. The molecule has 1 unspecified atom stereocenters. The molecule has 1 aromatic rings. The van der Waals surface area contributed by atoms with E-state index in [1.807, 2.05) is 29.2 Å². The number of ether oxygens (including phenoxy) is 1. The summed E-state index contributed by atoms with van der Waals surface area (Å²) in [6, 6.07) is 7.40. The van der Waals surface area contributed by atoms with Crippen LogP contribution in [0.5, 0.6) is 5.75 Å². The van der Waals surface area contributed by atoms with Crippen molar-refractivity contribution in [3.05, 3.63) is 29.8 Å². The zero-order valence-corrected chi connectivity index (χ0v) is 12.9. The summed E-state index contributed by atoms with van der Waals surface area (Å²) in [5, 5.41) is 1.01. The fraction of sp³-hybridized carbons (Fsp3) is 0.533. The van der Waals surface area contributed by atoms with Gasteiger partial charge in [0.1, 0.15) is 5.75 Å². The monoisotopic (exact) mass is 325 g/mol. The van der Waals surface area contributed by atoms with Crippen LogP contribution >= 0.6 is 15.9 Å². The molecular weight excluding hydrogens is 306 g/mol. The van der Waals surface area contributed by atoms with Crippen LogP contribution in [0.2, 0.25) is 0 Å². The van der Waals surface area contributed by atoms with Gasteiger partial charge in [0.2, 0.25) is 0 Å². The van der Waals surface area contributed by atoms with Gasteiger partial charge in [-0.15, -0.1) is 0 Å². The lowest BCUT2D eigenvalue weighted by Crippen LogP contribution is -2.40. The molecule has 0 saturated carbocycles. The van der Waals surface area contributed by atoms with E-state index in [1.165, 1.54) is 6.42 Å². The third-order valence-electron chi connectivity index (χ3n) is 3.64. The Labute approximate surface area is 123 Å². The molecule has 4 heteroatoms. The molecule has 1 amide bonds. The maximum Gasteiger partial charge on any atom is 0.253 e. The van der Waals surface area contributed by atoms with Crippen molar-refractivity contribution >= 4 is 21.8 Å². The van der Waals surface area contributed by atoms with E-state index < -0.39 is 0 Å². The second-order valence-electron chi connectivity index (χ2n) is 4.97. The molecule has 2 rings (SSSR count). The van der Waals surface area contributed by atoms with E-state index in [9.17, 15) is 4.79 Å². The summed E-state index contributed by atoms with van der Waals surface area (Å²) in [6.45, 7) is 1.75. The number of benzene rings is 1. The van der Waals surface area contributed by atoms with E-state index in [4.69, 9.17) is 4.74 Å². The standard InChI is InChI=1S/C15H20BrNO2/c1-19-14-6-2-5-13(10-14)15(18)17-9-3-4-12(11-17)7-8-16/h2,5-6,10,12H,3-4,7-9,11H2,1H3. The van der Waals surface area contributed by atoms with E-state index in [0.29, 0.717) is 5.92 Å². The van der Waals surface area contributed by atoms with Crippen molar-refractivity contribution in [1.29, 1.82) is 0 Å². The number of halogens is 1. The Bertz CT molecular complexity index is 434. The number of alkyl halides is 1. The van der Waals surface area contributed by atoms with Crippen LogP contribution in [-0.2, 0) is 0 Å². The second-order valence-corrected chi connectivity index (χ2v) is 5.76. The normalized spacial score (nSPS) is 19.3. The minimum Gasteiger partial charge on any atom is -0.497 e. The van der Waals surface area contributed by atoms with Gasteiger partial charge >= 0.3 is 0 Å². The first-order valence-electron chi connectivity index (χ1n) is 6.74. The number of amides is 1. The molecule has 0 aromatic heterocycles. The maximum atomic E-state index is 12.5. The van der Waals surface area contributed by atoms with Crippen molar-refractivity contribution in [2.45, 2.75) is 19.3 Å². The summed E-state index contributed by atoms with van der Waals surface area (Å²) in [5.41, 5.74) is 0.721. The molecule has 3 nitrogen and oxygen atoms in total. The van der Waals surface area contributed by atoms with E-state index in [1.54, 1.807) is 7.11 Å². The Morgan fingerprint density at radius 1 is 1.53 bits per heavy atom. The van der Waals surface area contributed by atoms with Crippen molar-refractivity contribution in [3.63, 3.8) is 0 Å². The number of methoxy groups -OCH3 is 1. The lowest BCUT2D eigenvalue weighted by atomic mass is 9.95. The first kappa shape index (κ1) is 14.4. The Morgan fingerprint density at radius 2 is 2.37 bits per heavy atom. The summed E-state index contributed by atoms with van der Waals surface area (Å²) in [7, 11) is 1.62. The molecular formula is C15H20BrNO2. The zero-order valence-electron chi connectivity index (χ0n) is 11.3. The molecule has 1 aliphatic rings. The second kappa shape index (κ2) is 6.94. The molecule has 104 valence electrons. The van der Waals surface area contributed by atoms with Gasteiger partial charge in [0.15, 0.2) is 0 Å². The molecule has 1 heterocycles. The maximum absolute atomic E-state index is 12.5. The van der Waals surface area contributed by atoms with Gasteiger partial charge < -0.3 is 9.64 Å². The van der Waals surface area contributed by atoms with Crippen molar-refractivity contribution in [2.75, 3.05) is 25.5 Å². The summed E-state index contributed by atoms with van der Waals surface area (Å²) >= 11 is 3.49. The van der Waals surface area contributed by atoms with Gasteiger partial charge in [-0.25, -0.2) is 0 Å². The fourth-order valence-electron chi connectivity index (χ4n) is 2.58. The van der Waals surface area contributed by atoms with Gasteiger partial charge in [0, 0.05) is 24.0 Å². The molecule has 1 atom stereocenters. The summed E-state index contributed by atoms with van der Waals surface area (Å²) < 4.78 is 5.18. The molecule has 1 aromatic carbocycles. The lowest BCUT2D eigenvalue weighted by Gasteiger charge is -2.32. The first-order chi connectivity index (χ1) is 9.24. The molecule has 0 radical (unpaired) electrons. The van der Waals surface area contributed by atoms with Gasteiger partial charge in [0.25, 0.3) is 5.91 Å². The predicted molar refractivity (Wildman–Crippen MR) is 80.0 cm³/mol. The number of likely N-dealkylation sites (tertiary alicyclic amines) is 1. The van der Waals surface area contributed by atoms with Gasteiger partial charge in [-0.1, -0.05) is 22.0 Å². The molecule has 1 aliphatic heterocycles. The Hall–Kier alpha value is -1.03. The molecule has 1 fully saturated rings. The molecule has 19 heavy (non-hydrogen) atoms. The minimum atomic E-state index is 0.123. The van der Waals surface area contributed by atoms with Crippen LogP contribution in [-0.4, -0.2) is 36.3 Å². The molecule has 0 spiro atoms. The average molecular weight is 326 g/mol. The van der Waals surface area contributed by atoms with Crippen LogP contribution in [0.15, 0.2) is 24.3 Å². The smallest absolute Gasteiger partial charge is 0.253 e. The molecule has 1 saturated heterocycles. The molecule has 0 bridgehead atoms. The number of rotatable bonds is 4. The van der Waals surface area contributed by atoms with Crippen molar-refractivity contribution in [2.24, 2.45) is 5.92 Å². The highest BCUT2D eigenvalue weighted by atomic mass is 79.9. The summed E-state index contributed by atoms with van der Waals surface area (Å²) in [4.78, 5) is 14.5. The average Bonchev–Trinajstić information content (AvgIpc) is 2.47. The van der Waals surface area contributed by atoms with Gasteiger partial charge in [-0.05, 0) is 43.4 Å². The Balaban J connectivity index is 2.05. The fourth-order valence-corrected chi connectivity index (χ4v) is 3.23. The van der Waals surface area contributed by atoms with Crippen LogP contribution in [0.4, 0.5) is 0 Å². The van der Waals surface area contributed by atoms with Crippen molar-refractivity contribution in [3.8, 4) is 5.75 Å². The topological polar surface area (TPSA) is 29.5 Å². The lowest BCUT2D eigenvalue weighted by molar-refractivity contribution is 0.0671. The van der Waals surface area contributed by atoms with E-state index in [-0.39, 0.29) is 5.91 Å². The van der Waals surface area contributed by atoms with Gasteiger partial charge in [-0.2, -0.15) is 0 Å². The number of carbonyl (C=O) groups excluding carboxylic acids is 1. The van der Waals surface area contributed by atoms with Crippen LogP contribution < -0.4 is 4.74 Å². The Kier molecular flexibility index (Phi) is 5.25. The minimum absolute atomic E-state index is 0.123. The van der Waals surface area contributed by atoms with Crippen LogP contribution in [0, 0.1) is 5.92 Å². The van der Waals surface area contributed by atoms with Crippen molar-refractivity contribution in [1.82, 2.24) is 4.90 Å². The summed E-state index contributed by atoms with van der Waals surface area (Å²) in [5.74, 6) is 1.49. The van der Waals surface area contributed by atoms with Crippen LogP contribution in [0.3, 0.4) is 0 Å².